The molecular weight excluding hydrogens is 245 g/mol. The first-order chi connectivity index (χ1) is 8.56. The van der Waals surface area contributed by atoms with Crippen molar-refractivity contribution in [1.82, 2.24) is 10.6 Å². The SMILES string of the molecule is O=C(CNCc1cc(F)c(F)c(F)c1)NC1CC1. The molecule has 0 spiro atoms. The van der Waals surface area contributed by atoms with Gasteiger partial charge in [-0.15, -0.1) is 0 Å². The van der Waals surface area contributed by atoms with Gasteiger partial charge in [0.25, 0.3) is 0 Å². The van der Waals surface area contributed by atoms with Crippen LogP contribution in [0.3, 0.4) is 0 Å². The van der Waals surface area contributed by atoms with Gasteiger partial charge in [-0.25, -0.2) is 13.2 Å². The molecule has 2 rings (SSSR count). The fourth-order valence-electron chi connectivity index (χ4n) is 1.54. The molecule has 0 atom stereocenters. The first-order valence-electron chi connectivity index (χ1n) is 5.70. The van der Waals surface area contributed by atoms with E-state index in [1.54, 1.807) is 0 Å². The minimum atomic E-state index is -1.48. The Morgan fingerprint density at radius 1 is 1.22 bits per heavy atom. The lowest BCUT2D eigenvalue weighted by molar-refractivity contribution is -0.120. The maximum Gasteiger partial charge on any atom is 0.234 e. The van der Waals surface area contributed by atoms with E-state index in [9.17, 15) is 18.0 Å². The zero-order valence-electron chi connectivity index (χ0n) is 9.60. The third-order valence-electron chi connectivity index (χ3n) is 2.60. The molecule has 18 heavy (non-hydrogen) atoms. The first-order valence-corrected chi connectivity index (χ1v) is 5.70. The molecule has 6 heteroatoms. The van der Waals surface area contributed by atoms with E-state index in [0.29, 0.717) is 0 Å². The monoisotopic (exact) mass is 258 g/mol. The minimum absolute atomic E-state index is 0.0666. The lowest BCUT2D eigenvalue weighted by Gasteiger charge is -2.06. The summed E-state index contributed by atoms with van der Waals surface area (Å²) in [6.07, 6.45) is 2.00. The predicted octanol–water partition coefficient (Wildman–Crippen LogP) is 1.47. The standard InChI is InChI=1S/C12H13F3N2O/c13-9-3-7(4-10(14)12(9)15)5-16-6-11(18)17-8-1-2-8/h3-4,8,16H,1-2,5-6H2,(H,17,18). The third kappa shape index (κ3) is 3.46. The molecule has 0 aromatic heterocycles. The molecule has 1 aromatic carbocycles. The molecule has 1 saturated carbocycles. The van der Waals surface area contributed by atoms with E-state index < -0.39 is 17.5 Å². The van der Waals surface area contributed by atoms with Crippen molar-refractivity contribution < 1.29 is 18.0 Å². The summed E-state index contributed by atoms with van der Waals surface area (Å²) in [6.45, 7) is 0.170. The van der Waals surface area contributed by atoms with Crippen LogP contribution in [-0.2, 0) is 11.3 Å². The molecule has 0 unspecified atom stereocenters. The molecule has 0 radical (unpaired) electrons. The van der Waals surface area contributed by atoms with Crippen molar-refractivity contribution in [2.45, 2.75) is 25.4 Å². The molecule has 0 aliphatic heterocycles. The van der Waals surface area contributed by atoms with E-state index >= 15 is 0 Å². The van der Waals surface area contributed by atoms with E-state index in [1.165, 1.54) is 0 Å². The molecule has 0 bridgehead atoms. The van der Waals surface area contributed by atoms with Crippen LogP contribution in [0.4, 0.5) is 13.2 Å². The normalized spacial score (nSPS) is 14.6. The van der Waals surface area contributed by atoms with Crippen molar-refractivity contribution in [2.75, 3.05) is 6.54 Å². The van der Waals surface area contributed by atoms with Crippen LogP contribution in [0, 0.1) is 17.5 Å². The maximum absolute atomic E-state index is 12.9. The van der Waals surface area contributed by atoms with Crippen LogP contribution in [0.2, 0.25) is 0 Å². The highest BCUT2D eigenvalue weighted by Crippen LogP contribution is 2.18. The highest BCUT2D eigenvalue weighted by molar-refractivity contribution is 5.78. The highest BCUT2D eigenvalue weighted by Gasteiger charge is 2.22. The average molecular weight is 258 g/mol. The average Bonchev–Trinajstić information content (AvgIpc) is 3.09. The number of carbonyl (C=O) groups excluding carboxylic acids is 1. The Labute approximate surface area is 102 Å². The molecule has 98 valence electrons. The number of benzene rings is 1. The molecule has 1 aromatic rings. The maximum atomic E-state index is 12.9. The summed E-state index contributed by atoms with van der Waals surface area (Å²) in [5.74, 6) is -4.09. The molecule has 1 amide bonds. The lowest BCUT2D eigenvalue weighted by Crippen LogP contribution is -2.34. The number of hydrogen-bond donors (Lipinski definition) is 2. The van der Waals surface area contributed by atoms with Gasteiger partial charge in [0.1, 0.15) is 0 Å². The Hall–Kier alpha value is -1.56. The van der Waals surface area contributed by atoms with Crippen molar-refractivity contribution >= 4 is 5.91 Å². The largest absolute Gasteiger partial charge is 0.352 e. The zero-order valence-corrected chi connectivity index (χ0v) is 9.60. The lowest BCUT2D eigenvalue weighted by atomic mass is 10.2. The highest BCUT2D eigenvalue weighted by atomic mass is 19.2. The topological polar surface area (TPSA) is 41.1 Å². The molecule has 3 nitrogen and oxygen atoms in total. The number of nitrogens with one attached hydrogen (secondary N) is 2. The van der Waals surface area contributed by atoms with Crippen LogP contribution < -0.4 is 10.6 Å². The van der Waals surface area contributed by atoms with Crippen LogP contribution >= 0.6 is 0 Å². The van der Waals surface area contributed by atoms with Gasteiger partial charge in [0.15, 0.2) is 17.5 Å². The van der Waals surface area contributed by atoms with Gasteiger partial charge in [0.2, 0.25) is 5.91 Å². The molecule has 0 saturated heterocycles. The second kappa shape index (κ2) is 5.39. The number of halogens is 3. The van der Waals surface area contributed by atoms with Crippen molar-refractivity contribution in [3.8, 4) is 0 Å². The summed E-state index contributed by atoms with van der Waals surface area (Å²) in [5.41, 5.74) is 0.255. The van der Waals surface area contributed by atoms with E-state index in [0.717, 1.165) is 25.0 Å². The fourth-order valence-corrected chi connectivity index (χ4v) is 1.54. The van der Waals surface area contributed by atoms with Crippen molar-refractivity contribution in [3.63, 3.8) is 0 Å². The van der Waals surface area contributed by atoms with Gasteiger partial charge in [-0.2, -0.15) is 0 Å². The Morgan fingerprint density at radius 2 is 1.83 bits per heavy atom. The Kier molecular flexibility index (Phi) is 3.86. The Morgan fingerprint density at radius 3 is 2.39 bits per heavy atom. The molecular formula is C12H13F3N2O. The van der Waals surface area contributed by atoms with Crippen LogP contribution in [0.5, 0.6) is 0 Å². The summed E-state index contributed by atoms with van der Waals surface area (Å²) in [4.78, 5) is 11.3. The van der Waals surface area contributed by atoms with E-state index in [-0.39, 0.29) is 30.6 Å². The number of amides is 1. The Bertz CT molecular complexity index is 438. The van der Waals surface area contributed by atoms with E-state index in [4.69, 9.17) is 0 Å². The van der Waals surface area contributed by atoms with Crippen LogP contribution in [0.1, 0.15) is 18.4 Å². The van der Waals surface area contributed by atoms with Gasteiger partial charge in [0, 0.05) is 12.6 Å². The quantitative estimate of drug-likeness (QED) is 0.785. The van der Waals surface area contributed by atoms with Gasteiger partial charge >= 0.3 is 0 Å². The summed E-state index contributed by atoms with van der Waals surface area (Å²) in [6, 6.07) is 2.09. The summed E-state index contributed by atoms with van der Waals surface area (Å²) >= 11 is 0. The van der Waals surface area contributed by atoms with Crippen LogP contribution in [0.15, 0.2) is 12.1 Å². The number of hydrogen-bond acceptors (Lipinski definition) is 2. The Balaban J connectivity index is 1.80. The molecule has 1 aliphatic rings. The first kappa shape index (κ1) is 12.9. The van der Waals surface area contributed by atoms with E-state index in [1.807, 2.05) is 0 Å². The second-order valence-corrected chi connectivity index (χ2v) is 4.32. The summed E-state index contributed by atoms with van der Waals surface area (Å²) in [7, 11) is 0. The number of rotatable bonds is 5. The van der Waals surface area contributed by atoms with Crippen molar-refractivity contribution in [3.05, 3.63) is 35.1 Å². The van der Waals surface area contributed by atoms with Crippen molar-refractivity contribution in [2.24, 2.45) is 0 Å². The van der Waals surface area contributed by atoms with Crippen LogP contribution in [-0.4, -0.2) is 18.5 Å². The number of carbonyl (C=O) groups is 1. The minimum Gasteiger partial charge on any atom is -0.352 e. The van der Waals surface area contributed by atoms with Gasteiger partial charge < -0.3 is 10.6 Å². The van der Waals surface area contributed by atoms with E-state index in [2.05, 4.69) is 10.6 Å². The fraction of sp³-hybridized carbons (Fsp3) is 0.417. The molecule has 1 fully saturated rings. The predicted molar refractivity (Wildman–Crippen MR) is 59.2 cm³/mol. The third-order valence-corrected chi connectivity index (χ3v) is 2.60. The van der Waals surface area contributed by atoms with Crippen molar-refractivity contribution in [1.29, 1.82) is 0 Å². The van der Waals surface area contributed by atoms with Gasteiger partial charge in [-0.05, 0) is 30.5 Å². The van der Waals surface area contributed by atoms with Gasteiger partial charge in [-0.3, -0.25) is 4.79 Å². The smallest absolute Gasteiger partial charge is 0.234 e. The van der Waals surface area contributed by atoms with Crippen LogP contribution in [0.25, 0.3) is 0 Å². The second-order valence-electron chi connectivity index (χ2n) is 4.32. The summed E-state index contributed by atoms with van der Waals surface area (Å²) in [5, 5.41) is 5.50. The van der Waals surface area contributed by atoms with Gasteiger partial charge in [0.05, 0.1) is 6.54 Å². The summed E-state index contributed by atoms with van der Waals surface area (Å²) < 4.78 is 38.4. The molecule has 0 heterocycles. The molecule has 2 N–H and O–H groups in total. The van der Waals surface area contributed by atoms with Gasteiger partial charge in [-0.1, -0.05) is 0 Å². The molecule has 1 aliphatic carbocycles. The zero-order chi connectivity index (χ0) is 13.1.